The minimum atomic E-state index is -0.543. The summed E-state index contributed by atoms with van der Waals surface area (Å²) in [6.45, 7) is 5.12. The van der Waals surface area contributed by atoms with Gasteiger partial charge < -0.3 is 9.47 Å². The highest BCUT2D eigenvalue weighted by atomic mass is 16.5. The van der Waals surface area contributed by atoms with Gasteiger partial charge in [-0.25, -0.2) is 0 Å². The van der Waals surface area contributed by atoms with E-state index in [0.29, 0.717) is 13.2 Å². The third kappa shape index (κ3) is 21.3. The predicted molar refractivity (Wildman–Crippen MR) is 121 cm³/mol. The molecule has 0 N–H and O–H groups in total. The van der Waals surface area contributed by atoms with E-state index < -0.39 is 17.7 Å². The van der Waals surface area contributed by atoms with E-state index in [1.807, 2.05) is 0 Å². The minimum absolute atomic E-state index is 0.343. The van der Waals surface area contributed by atoms with E-state index in [0.717, 1.165) is 38.5 Å². The molecule has 0 aromatic carbocycles. The van der Waals surface area contributed by atoms with Crippen LogP contribution < -0.4 is 0 Å². The molecule has 0 radical (unpaired) electrons. The van der Waals surface area contributed by atoms with Crippen LogP contribution in [0.4, 0.5) is 0 Å². The van der Waals surface area contributed by atoms with E-state index in [-0.39, 0.29) is 12.8 Å². The van der Waals surface area contributed by atoms with Crippen molar-refractivity contribution in [2.24, 2.45) is 0 Å². The average Bonchev–Trinajstić information content (AvgIpc) is 2.71. The van der Waals surface area contributed by atoms with E-state index in [9.17, 15) is 14.4 Å². The molecule has 5 nitrogen and oxygen atoms in total. The zero-order valence-corrected chi connectivity index (χ0v) is 19.7. The highest BCUT2D eigenvalue weighted by molar-refractivity contribution is 6.03. The lowest BCUT2D eigenvalue weighted by Gasteiger charge is -2.06. The molecule has 0 fully saturated rings. The van der Waals surface area contributed by atoms with Gasteiger partial charge in [0.15, 0.2) is 5.78 Å². The fraction of sp³-hybridized carbons (Fsp3) is 0.880. The number of hydrogen-bond donors (Lipinski definition) is 0. The van der Waals surface area contributed by atoms with Crippen LogP contribution >= 0.6 is 0 Å². The van der Waals surface area contributed by atoms with Crippen LogP contribution in [0, 0.1) is 0 Å². The Morgan fingerprint density at radius 3 is 1.10 bits per heavy atom. The first kappa shape index (κ1) is 28.6. The molecule has 0 aromatic rings. The molecule has 0 bridgehead atoms. The van der Waals surface area contributed by atoms with Crippen molar-refractivity contribution in [3.05, 3.63) is 0 Å². The number of esters is 2. The summed E-state index contributed by atoms with van der Waals surface area (Å²) < 4.78 is 10.2. The molecule has 0 amide bonds. The van der Waals surface area contributed by atoms with Crippen LogP contribution in [0.1, 0.15) is 129 Å². The van der Waals surface area contributed by atoms with Gasteiger partial charge in [-0.15, -0.1) is 0 Å². The molecule has 0 saturated heterocycles. The Morgan fingerprint density at radius 2 is 0.767 bits per heavy atom. The van der Waals surface area contributed by atoms with Gasteiger partial charge in [0.1, 0.15) is 12.8 Å². The summed E-state index contributed by atoms with van der Waals surface area (Å²) in [5, 5.41) is 0. The number of carbonyl (C=O) groups is 3. The Balaban J connectivity index is 3.50. The van der Waals surface area contributed by atoms with Gasteiger partial charge in [0.05, 0.1) is 13.2 Å². The number of Topliss-reactive ketones (excluding diaryl/α,β-unsaturated/α-hetero) is 1. The molecule has 0 aliphatic heterocycles. The third-order valence-corrected chi connectivity index (χ3v) is 5.20. The second-order valence-electron chi connectivity index (χ2n) is 8.28. The Morgan fingerprint density at radius 1 is 0.467 bits per heavy atom. The van der Waals surface area contributed by atoms with Crippen molar-refractivity contribution in [3.63, 3.8) is 0 Å². The normalized spacial score (nSPS) is 10.7. The summed E-state index contributed by atoms with van der Waals surface area (Å²) in [4.78, 5) is 35.1. The van der Waals surface area contributed by atoms with Crippen molar-refractivity contribution in [2.45, 2.75) is 129 Å². The van der Waals surface area contributed by atoms with Crippen molar-refractivity contribution >= 4 is 17.7 Å². The van der Waals surface area contributed by atoms with Gasteiger partial charge in [-0.2, -0.15) is 0 Å². The Labute approximate surface area is 184 Å². The fourth-order valence-electron chi connectivity index (χ4n) is 3.33. The molecule has 30 heavy (non-hydrogen) atoms. The summed E-state index contributed by atoms with van der Waals surface area (Å²) in [5.41, 5.74) is 0. The van der Waals surface area contributed by atoms with Gasteiger partial charge in [-0.05, 0) is 12.8 Å². The Bertz CT molecular complexity index is 395. The summed E-state index contributed by atoms with van der Waals surface area (Å²) in [5.74, 6) is -1.52. The van der Waals surface area contributed by atoms with Crippen LogP contribution in [0.5, 0.6) is 0 Å². The number of ether oxygens (including phenoxy) is 2. The van der Waals surface area contributed by atoms with E-state index in [4.69, 9.17) is 9.47 Å². The molecule has 0 heterocycles. The first-order chi connectivity index (χ1) is 14.6. The number of hydrogen-bond acceptors (Lipinski definition) is 5. The molecule has 0 rings (SSSR count). The van der Waals surface area contributed by atoms with Crippen LogP contribution in [0.25, 0.3) is 0 Å². The Kier molecular flexibility index (Phi) is 21.3. The van der Waals surface area contributed by atoms with Crippen LogP contribution in [0.15, 0.2) is 0 Å². The summed E-state index contributed by atoms with van der Waals surface area (Å²) in [6.07, 6.45) is 18.1. The zero-order valence-electron chi connectivity index (χ0n) is 19.7. The van der Waals surface area contributed by atoms with Crippen molar-refractivity contribution in [1.82, 2.24) is 0 Å². The lowest BCUT2D eigenvalue weighted by atomic mass is 10.1. The number of ketones is 1. The molecule has 5 heteroatoms. The summed E-state index contributed by atoms with van der Waals surface area (Å²) in [7, 11) is 0. The van der Waals surface area contributed by atoms with Gasteiger partial charge in [0, 0.05) is 0 Å². The van der Waals surface area contributed by atoms with Crippen molar-refractivity contribution in [1.29, 1.82) is 0 Å². The monoisotopic (exact) mass is 426 g/mol. The molecular weight excluding hydrogens is 380 g/mol. The van der Waals surface area contributed by atoms with E-state index in [1.54, 1.807) is 0 Å². The van der Waals surface area contributed by atoms with Crippen LogP contribution in [-0.4, -0.2) is 30.9 Å². The second kappa shape index (κ2) is 22.3. The van der Waals surface area contributed by atoms with Gasteiger partial charge in [0.2, 0.25) is 0 Å². The van der Waals surface area contributed by atoms with Crippen LogP contribution in [0.3, 0.4) is 0 Å². The first-order valence-corrected chi connectivity index (χ1v) is 12.4. The fourth-order valence-corrected chi connectivity index (χ4v) is 3.33. The number of rotatable bonds is 22. The topological polar surface area (TPSA) is 69.7 Å². The molecule has 0 spiro atoms. The second-order valence-corrected chi connectivity index (χ2v) is 8.28. The molecule has 176 valence electrons. The van der Waals surface area contributed by atoms with Crippen molar-refractivity contribution < 1.29 is 23.9 Å². The van der Waals surface area contributed by atoms with E-state index >= 15 is 0 Å². The zero-order chi connectivity index (χ0) is 22.3. The summed E-state index contributed by atoms with van der Waals surface area (Å²) >= 11 is 0. The lowest BCUT2D eigenvalue weighted by Crippen LogP contribution is -2.17. The lowest BCUT2D eigenvalue weighted by molar-refractivity contribution is -0.149. The number of carbonyl (C=O) groups excluding carboxylic acids is 3. The highest BCUT2D eigenvalue weighted by Gasteiger charge is 2.15. The maximum Gasteiger partial charge on any atom is 0.313 e. The number of unbranched alkanes of at least 4 members (excludes halogenated alkanes) is 14. The van der Waals surface area contributed by atoms with Gasteiger partial charge in [0.25, 0.3) is 0 Å². The predicted octanol–water partition coefficient (Wildman–Crippen LogP) is 6.70. The molecule has 0 unspecified atom stereocenters. The molecule has 0 saturated carbocycles. The average molecular weight is 427 g/mol. The van der Waals surface area contributed by atoms with Crippen LogP contribution in [-0.2, 0) is 23.9 Å². The quantitative estimate of drug-likeness (QED) is 0.109. The van der Waals surface area contributed by atoms with E-state index in [1.165, 1.54) is 64.2 Å². The molecule has 0 aliphatic carbocycles. The van der Waals surface area contributed by atoms with Gasteiger partial charge in [-0.1, -0.05) is 104 Å². The van der Waals surface area contributed by atoms with Gasteiger partial charge >= 0.3 is 11.9 Å². The molecule has 0 aliphatic rings. The minimum Gasteiger partial charge on any atom is -0.465 e. The third-order valence-electron chi connectivity index (χ3n) is 5.20. The summed E-state index contributed by atoms with van der Waals surface area (Å²) in [6, 6.07) is 0. The maximum atomic E-state index is 11.8. The van der Waals surface area contributed by atoms with Gasteiger partial charge in [-0.3, -0.25) is 14.4 Å². The standard InChI is InChI=1S/C25H46O5/c1-3-5-7-9-11-13-15-17-19-29-24(27)21-23(26)22-25(28)30-20-18-16-14-12-10-8-6-4-2/h3-22H2,1-2H3. The largest absolute Gasteiger partial charge is 0.465 e. The van der Waals surface area contributed by atoms with Crippen molar-refractivity contribution in [3.8, 4) is 0 Å². The van der Waals surface area contributed by atoms with Crippen molar-refractivity contribution in [2.75, 3.05) is 13.2 Å². The molecule has 0 aromatic heterocycles. The first-order valence-electron chi connectivity index (χ1n) is 12.4. The SMILES string of the molecule is CCCCCCCCCCOC(=O)CC(=O)CC(=O)OCCCCCCCCCC. The molecule has 0 atom stereocenters. The smallest absolute Gasteiger partial charge is 0.313 e. The highest BCUT2D eigenvalue weighted by Crippen LogP contribution is 2.09. The maximum absolute atomic E-state index is 11.8. The van der Waals surface area contributed by atoms with Crippen LogP contribution in [0.2, 0.25) is 0 Å². The Hall–Kier alpha value is -1.39. The van der Waals surface area contributed by atoms with E-state index in [2.05, 4.69) is 13.8 Å². The molecular formula is C25H46O5.